The predicted molar refractivity (Wildman–Crippen MR) is 66.8 cm³/mol. The minimum absolute atomic E-state index is 0.268. The lowest BCUT2D eigenvalue weighted by molar-refractivity contribution is 0.636. The minimum atomic E-state index is -0.284. The largest absolute Gasteiger partial charge is 0.364 e. The second-order valence-electron chi connectivity index (χ2n) is 4.55. The lowest BCUT2D eigenvalue weighted by Crippen LogP contribution is -2.33. The predicted octanol–water partition coefficient (Wildman–Crippen LogP) is 1.16. The highest BCUT2D eigenvalue weighted by Gasteiger charge is 2.17. The Morgan fingerprint density at radius 1 is 1.59 bits per heavy atom. The number of hydrogen-bond donors (Lipinski definition) is 2. The number of aromatic nitrogens is 4. The molecule has 0 unspecified atom stereocenters. The van der Waals surface area contributed by atoms with Crippen LogP contribution in [-0.4, -0.2) is 31.0 Å². The van der Waals surface area contributed by atoms with Crippen LogP contribution in [0, 0.1) is 6.92 Å². The van der Waals surface area contributed by atoms with Crippen molar-refractivity contribution in [3.05, 3.63) is 22.4 Å². The van der Waals surface area contributed by atoms with Crippen molar-refractivity contribution in [3.63, 3.8) is 0 Å². The Hall–Kier alpha value is -1.56. The quantitative estimate of drug-likeness (QED) is 0.807. The zero-order valence-electron chi connectivity index (χ0n) is 9.91. The molecule has 17 heavy (non-hydrogen) atoms. The second-order valence-corrected chi connectivity index (χ2v) is 4.82. The van der Waals surface area contributed by atoms with Crippen molar-refractivity contribution in [3.8, 4) is 0 Å². The molecule has 2 rings (SSSR count). The molecule has 0 bridgehead atoms. The molecule has 0 aliphatic rings. The van der Waals surface area contributed by atoms with Gasteiger partial charge in [-0.1, -0.05) is 0 Å². The van der Waals surface area contributed by atoms with Crippen LogP contribution in [0.5, 0.6) is 0 Å². The summed E-state index contributed by atoms with van der Waals surface area (Å²) in [7, 11) is 0. The maximum Gasteiger partial charge on any atom is 0.349 e. The molecule has 0 aliphatic heterocycles. The van der Waals surface area contributed by atoms with Gasteiger partial charge in [0.15, 0.2) is 5.65 Å². The molecule has 2 aromatic heterocycles. The van der Waals surface area contributed by atoms with Crippen LogP contribution in [0.2, 0.25) is 0 Å². The van der Waals surface area contributed by atoms with Crippen LogP contribution >= 0.6 is 11.6 Å². The Balaban J connectivity index is 2.48. The van der Waals surface area contributed by atoms with Crippen LogP contribution in [-0.2, 0) is 0 Å². The fraction of sp³-hybridized carbons (Fsp3) is 0.500. The Morgan fingerprint density at radius 2 is 2.29 bits per heavy atom. The van der Waals surface area contributed by atoms with Crippen LogP contribution in [0.3, 0.4) is 0 Å². The number of hydrogen-bond acceptors (Lipinski definition) is 4. The number of nitrogens with zero attached hydrogens (tertiary/aromatic N) is 3. The first kappa shape index (κ1) is 11.9. The van der Waals surface area contributed by atoms with Crippen LogP contribution < -0.4 is 11.0 Å². The Labute approximate surface area is 103 Å². The summed E-state index contributed by atoms with van der Waals surface area (Å²) in [6.07, 6.45) is 0. The molecule has 92 valence electrons. The molecule has 7 heteroatoms. The number of anilines is 1. The van der Waals surface area contributed by atoms with Crippen molar-refractivity contribution in [1.29, 1.82) is 0 Å². The van der Waals surface area contributed by atoms with Gasteiger partial charge in [0.05, 0.1) is 0 Å². The SMILES string of the molecule is Cc1nc(NC(C)(C)CCl)cc2n[nH]c(=O)n12. The van der Waals surface area contributed by atoms with E-state index in [0.29, 0.717) is 23.2 Å². The summed E-state index contributed by atoms with van der Waals surface area (Å²) in [6.45, 7) is 5.69. The fourth-order valence-electron chi connectivity index (χ4n) is 1.54. The van der Waals surface area contributed by atoms with Gasteiger partial charge in [0.25, 0.3) is 0 Å². The number of H-pyrrole nitrogens is 1. The van der Waals surface area contributed by atoms with Gasteiger partial charge in [0.1, 0.15) is 11.6 Å². The lowest BCUT2D eigenvalue weighted by atomic mass is 10.1. The lowest BCUT2D eigenvalue weighted by Gasteiger charge is -2.24. The first-order valence-electron chi connectivity index (χ1n) is 5.22. The van der Waals surface area contributed by atoms with Gasteiger partial charge in [0, 0.05) is 17.5 Å². The van der Waals surface area contributed by atoms with E-state index in [4.69, 9.17) is 11.6 Å². The molecule has 0 aliphatic carbocycles. The van der Waals surface area contributed by atoms with Gasteiger partial charge in [-0.2, -0.15) is 5.10 Å². The van der Waals surface area contributed by atoms with Crippen molar-refractivity contribution in [1.82, 2.24) is 19.6 Å². The topological polar surface area (TPSA) is 75.1 Å². The number of aromatic amines is 1. The van der Waals surface area contributed by atoms with E-state index in [2.05, 4.69) is 20.5 Å². The molecule has 6 nitrogen and oxygen atoms in total. The molecule has 0 atom stereocenters. The summed E-state index contributed by atoms with van der Waals surface area (Å²) < 4.78 is 1.42. The molecular formula is C10H14ClN5O. The van der Waals surface area contributed by atoms with Gasteiger partial charge in [-0.3, -0.25) is 0 Å². The molecular weight excluding hydrogens is 242 g/mol. The molecule has 2 heterocycles. The maximum atomic E-state index is 11.4. The monoisotopic (exact) mass is 255 g/mol. The van der Waals surface area contributed by atoms with Gasteiger partial charge in [-0.15, -0.1) is 11.6 Å². The third-order valence-corrected chi connectivity index (χ3v) is 3.04. The molecule has 2 N–H and O–H groups in total. The Bertz CT molecular complexity index is 600. The molecule has 0 fully saturated rings. The zero-order valence-corrected chi connectivity index (χ0v) is 10.7. The van der Waals surface area contributed by atoms with Gasteiger partial charge in [0.2, 0.25) is 0 Å². The average molecular weight is 256 g/mol. The molecule has 0 spiro atoms. The van der Waals surface area contributed by atoms with E-state index in [1.54, 1.807) is 13.0 Å². The molecule has 0 aromatic carbocycles. The third-order valence-electron chi connectivity index (χ3n) is 2.37. The highest BCUT2D eigenvalue weighted by Crippen LogP contribution is 2.15. The molecule has 0 saturated carbocycles. The normalized spacial score (nSPS) is 12.0. The summed E-state index contributed by atoms with van der Waals surface area (Å²) in [6, 6.07) is 1.71. The molecule has 0 amide bonds. The summed E-state index contributed by atoms with van der Waals surface area (Å²) >= 11 is 5.84. The third kappa shape index (κ3) is 2.26. The number of alkyl halides is 1. The zero-order chi connectivity index (χ0) is 12.6. The molecule has 2 aromatic rings. The summed E-state index contributed by atoms with van der Waals surface area (Å²) in [5.74, 6) is 1.68. The average Bonchev–Trinajstić information content (AvgIpc) is 2.60. The van der Waals surface area contributed by atoms with E-state index in [9.17, 15) is 4.79 Å². The molecule has 0 radical (unpaired) electrons. The summed E-state index contributed by atoms with van der Waals surface area (Å²) in [5, 5.41) is 9.49. The molecule has 0 saturated heterocycles. The van der Waals surface area contributed by atoms with E-state index < -0.39 is 0 Å². The van der Waals surface area contributed by atoms with E-state index in [-0.39, 0.29) is 11.2 Å². The van der Waals surface area contributed by atoms with Gasteiger partial charge in [-0.05, 0) is 20.8 Å². The number of fused-ring (bicyclic) bond motifs is 1. The number of rotatable bonds is 3. The van der Waals surface area contributed by atoms with E-state index in [1.165, 1.54) is 4.40 Å². The standard InChI is InChI=1S/C10H14ClN5O/c1-6-12-7(13-10(2,3)5-11)4-8-14-15-9(17)16(6)8/h4,13H,5H2,1-3H3,(H,15,17). The van der Waals surface area contributed by atoms with Crippen LogP contribution in [0.1, 0.15) is 19.7 Å². The Kier molecular flexibility index (Phi) is 2.82. The van der Waals surface area contributed by atoms with Crippen LogP contribution in [0.15, 0.2) is 10.9 Å². The highest BCUT2D eigenvalue weighted by molar-refractivity contribution is 6.18. The van der Waals surface area contributed by atoms with E-state index in [1.807, 2.05) is 13.8 Å². The van der Waals surface area contributed by atoms with Gasteiger partial charge >= 0.3 is 5.69 Å². The summed E-state index contributed by atoms with van der Waals surface area (Å²) in [4.78, 5) is 15.7. The smallest absolute Gasteiger partial charge is 0.349 e. The summed E-state index contributed by atoms with van der Waals surface area (Å²) in [5.41, 5.74) is -0.0147. The first-order valence-corrected chi connectivity index (χ1v) is 5.75. The van der Waals surface area contributed by atoms with Crippen molar-refractivity contribution in [2.75, 3.05) is 11.2 Å². The van der Waals surface area contributed by atoms with Crippen molar-refractivity contribution < 1.29 is 0 Å². The Morgan fingerprint density at radius 3 is 2.94 bits per heavy atom. The highest BCUT2D eigenvalue weighted by atomic mass is 35.5. The first-order chi connectivity index (χ1) is 7.93. The maximum absolute atomic E-state index is 11.4. The van der Waals surface area contributed by atoms with Gasteiger partial charge in [-0.25, -0.2) is 19.3 Å². The van der Waals surface area contributed by atoms with E-state index in [0.717, 1.165) is 0 Å². The minimum Gasteiger partial charge on any atom is -0.364 e. The van der Waals surface area contributed by atoms with Crippen LogP contribution in [0.4, 0.5) is 5.82 Å². The van der Waals surface area contributed by atoms with Crippen LogP contribution in [0.25, 0.3) is 5.65 Å². The van der Waals surface area contributed by atoms with Gasteiger partial charge < -0.3 is 5.32 Å². The number of nitrogens with one attached hydrogen (secondary N) is 2. The van der Waals surface area contributed by atoms with Crippen molar-refractivity contribution in [2.24, 2.45) is 0 Å². The van der Waals surface area contributed by atoms with E-state index >= 15 is 0 Å². The van der Waals surface area contributed by atoms with Crippen molar-refractivity contribution >= 4 is 23.1 Å². The van der Waals surface area contributed by atoms with Crippen molar-refractivity contribution in [2.45, 2.75) is 26.3 Å². The second kappa shape index (κ2) is 4.03. The fourth-order valence-corrected chi connectivity index (χ4v) is 1.61. The number of aryl methyl sites for hydroxylation is 1. The number of halogens is 1.